The van der Waals surface area contributed by atoms with Gasteiger partial charge in [-0.3, -0.25) is 0 Å². The van der Waals surface area contributed by atoms with E-state index in [1.54, 1.807) is 0 Å². The highest BCUT2D eigenvalue weighted by Gasteiger charge is 2.59. The molecule has 0 aromatic rings. The molecule has 0 amide bonds. The van der Waals surface area contributed by atoms with Crippen molar-refractivity contribution in [3.05, 3.63) is 24.3 Å². The van der Waals surface area contributed by atoms with E-state index in [1.807, 2.05) is 6.92 Å². The molecular weight excluding hydrogens is 244 g/mol. The van der Waals surface area contributed by atoms with Gasteiger partial charge in [-0.1, -0.05) is 20.1 Å². The minimum absolute atomic E-state index is 0.000162. The Morgan fingerprint density at radius 3 is 2.74 bits per heavy atom. The van der Waals surface area contributed by atoms with Crippen LogP contribution in [0.15, 0.2) is 24.3 Å². The van der Waals surface area contributed by atoms with Crippen LogP contribution in [-0.4, -0.2) is 34.5 Å². The molecule has 3 aliphatic rings. The van der Waals surface area contributed by atoms with Crippen LogP contribution in [0.4, 0.5) is 0 Å². The third kappa shape index (κ3) is 1.56. The lowest BCUT2D eigenvalue weighted by molar-refractivity contribution is -0.155. The van der Waals surface area contributed by atoms with Crippen molar-refractivity contribution >= 4 is 5.97 Å². The van der Waals surface area contributed by atoms with Gasteiger partial charge in [-0.2, -0.15) is 0 Å². The molecule has 4 heteroatoms. The zero-order valence-corrected chi connectivity index (χ0v) is 11.1. The molecule has 0 spiro atoms. The molecule has 3 rings (SSSR count). The number of hydrogen-bond acceptors (Lipinski definition) is 4. The molecule has 6 atom stereocenters. The van der Waals surface area contributed by atoms with Crippen molar-refractivity contribution in [2.75, 3.05) is 0 Å². The number of rotatable bonds is 0. The van der Waals surface area contributed by atoms with Crippen LogP contribution in [0, 0.1) is 17.3 Å². The molecule has 2 aliphatic carbocycles. The smallest absolute Gasteiger partial charge is 0.334 e. The predicted octanol–water partition coefficient (Wildman–Crippen LogP) is 1.18. The van der Waals surface area contributed by atoms with Gasteiger partial charge in [-0.15, -0.1) is 0 Å². The molecule has 1 aliphatic heterocycles. The first kappa shape index (κ1) is 12.9. The van der Waals surface area contributed by atoms with E-state index in [0.29, 0.717) is 17.6 Å². The van der Waals surface area contributed by atoms with Crippen LogP contribution >= 0.6 is 0 Å². The standard InChI is InChI=1S/C15H20O4/c1-7-9-4-5-15(3)11(17)6-10(16)8(2)12(15)13(9)19-14(7)18/h9-13,16-17H,1-2,4-6H2,3H3/t9-,10+,11-,12-,13-,15-/m0/s1. The van der Waals surface area contributed by atoms with E-state index in [-0.39, 0.29) is 29.3 Å². The van der Waals surface area contributed by atoms with Gasteiger partial charge in [-0.05, 0) is 18.4 Å². The molecule has 19 heavy (non-hydrogen) atoms. The first-order valence-corrected chi connectivity index (χ1v) is 6.81. The molecular formula is C15H20O4. The maximum Gasteiger partial charge on any atom is 0.334 e. The van der Waals surface area contributed by atoms with Crippen LogP contribution in [0.1, 0.15) is 26.2 Å². The number of aliphatic hydroxyl groups excluding tert-OH is 2. The largest absolute Gasteiger partial charge is 0.458 e. The Hall–Kier alpha value is -1.13. The van der Waals surface area contributed by atoms with E-state index < -0.39 is 12.2 Å². The highest BCUT2D eigenvalue weighted by atomic mass is 16.6. The lowest BCUT2D eigenvalue weighted by Gasteiger charge is -2.53. The van der Waals surface area contributed by atoms with Gasteiger partial charge in [0.2, 0.25) is 0 Å². The zero-order valence-electron chi connectivity index (χ0n) is 11.1. The zero-order chi connectivity index (χ0) is 13.9. The number of fused-ring (bicyclic) bond motifs is 3. The highest BCUT2D eigenvalue weighted by Crippen LogP contribution is 2.57. The van der Waals surface area contributed by atoms with Crippen molar-refractivity contribution in [2.24, 2.45) is 17.3 Å². The molecule has 0 unspecified atom stereocenters. The summed E-state index contributed by atoms with van der Waals surface area (Å²) in [7, 11) is 0. The van der Waals surface area contributed by atoms with Gasteiger partial charge >= 0.3 is 5.97 Å². The molecule has 0 aromatic heterocycles. The minimum Gasteiger partial charge on any atom is -0.458 e. The second-order valence-electron chi connectivity index (χ2n) is 6.37. The Labute approximate surface area is 112 Å². The van der Waals surface area contributed by atoms with E-state index in [4.69, 9.17) is 4.74 Å². The van der Waals surface area contributed by atoms with Gasteiger partial charge in [0.25, 0.3) is 0 Å². The molecule has 0 bridgehead atoms. The second-order valence-corrected chi connectivity index (χ2v) is 6.37. The molecule has 1 heterocycles. The Morgan fingerprint density at radius 1 is 1.37 bits per heavy atom. The van der Waals surface area contributed by atoms with Crippen molar-refractivity contribution in [1.29, 1.82) is 0 Å². The van der Waals surface area contributed by atoms with E-state index in [1.165, 1.54) is 0 Å². The van der Waals surface area contributed by atoms with E-state index >= 15 is 0 Å². The molecule has 104 valence electrons. The number of ether oxygens (including phenoxy) is 1. The lowest BCUT2D eigenvalue weighted by Crippen LogP contribution is -2.56. The summed E-state index contributed by atoms with van der Waals surface area (Å²) in [5.41, 5.74) is 0.835. The SMILES string of the molecule is C=C1C(=O)O[C@H]2[C@H]1CC[C@@]1(C)[C@@H](O)C[C@@H](O)C(=C)[C@@H]21. The first-order valence-electron chi connectivity index (χ1n) is 6.81. The van der Waals surface area contributed by atoms with Crippen LogP contribution in [0.25, 0.3) is 0 Å². The van der Waals surface area contributed by atoms with E-state index in [9.17, 15) is 15.0 Å². The van der Waals surface area contributed by atoms with Crippen LogP contribution in [0.3, 0.4) is 0 Å². The summed E-state index contributed by atoms with van der Waals surface area (Å²) in [5, 5.41) is 20.4. The predicted molar refractivity (Wildman–Crippen MR) is 69.1 cm³/mol. The lowest BCUT2D eigenvalue weighted by atomic mass is 9.53. The van der Waals surface area contributed by atoms with Crippen molar-refractivity contribution in [3.8, 4) is 0 Å². The monoisotopic (exact) mass is 264 g/mol. The molecule has 4 nitrogen and oxygen atoms in total. The summed E-state index contributed by atoms with van der Waals surface area (Å²) in [6.45, 7) is 9.81. The van der Waals surface area contributed by atoms with Gasteiger partial charge in [0.1, 0.15) is 6.10 Å². The molecule has 0 radical (unpaired) electrons. The van der Waals surface area contributed by atoms with Crippen molar-refractivity contribution < 1.29 is 19.7 Å². The summed E-state index contributed by atoms with van der Waals surface area (Å²) in [4.78, 5) is 11.7. The molecule has 2 saturated carbocycles. The van der Waals surface area contributed by atoms with E-state index in [2.05, 4.69) is 13.2 Å². The normalized spacial score (nSPS) is 49.6. The maximum absolute atomic E-state index is 11.7. The van der Waals surface area contributed by atoms with Gasteiger partial charge in [0, 0.05) is 29.2 Å². The minimum atomic E-state index is -0.723. The van der Waals surface area contributed by atoms with E-state index in [0.717, 1.165) is 12.8 Å². The number of esters is 1. The third-order valence-corrected chi connectivity index (χ3v) is 5.42. The maximum atomic E-state index is 11.7. The topological polar surface area (TPSA) is 66.8 Å². The van der Waals surface area contributed by atoms with Crippen molar-refractivity contribution in [2.45, 2.75) is 44.5 Å². The number of aliphatic hydroxyl groups is 2. The van der Waals surface area contributed by atoms with Gasteiger partial charge in [-0.25, -0.2) is 4.79 Å². The molecule has 0 aromatic carbocycles. The summed E-state index contributed by atoms with van der Waals surface area (Å²) in [6, 6.07) is 0. The fraction of sp³-hybridized carbons (Fsp3) is 0.667. The van der Waals surface area contributed by atoms with Crippen molar-refractivity contribution in [3.63, 3.8) is 0 Å². The second kappa shape index (κ2) is 3.93. The van der Waals surface area contributed by atoms with Crippen molar-refractivity contribution in [1.82, 2.24) is 0 Å². The average molecular weight is 264 g/mol. The van der Waals surface area contributed by atoms with Gasteiger partial charge in [0.15, 0.2) is 0 Å². The number of carbonyl (C=O) groups is 1. The first-order chi connectivity index (χ1) is 8.86. The Kier molecular flexibility index (Phi) is 2.67. The fourth-order valence-electron chi connectivity index (χ4n) is 4.11. The quantitative estimate of drug-likeness (QED) is 0.392. The summed E-state index contributed by atoms with van der Waals surface area (Å²) in [5.74, 6) is -0.533. The average Bonchev–Trinajstić information content (AvgIpc) is 2.63. The van der Waals surface area contributed by atoms with Crippen LogP contribution in [-0.2, 0) is 9.53 Å². The highest BCUT2D eigenvalue weighted by molar-refractivity contribution is 5.91. The number of hydrogen-bond donors (Lipinski definition) is 2. The van der Waals surface area contributed by atoms with Crippen LogP contribution in [0.5, 0.6) is 0 Å². The summed E-state index contributed by atoms with van der Waals surface area (Å²) in [6.07, 6.45) is 0.268. The van der Waals surface area contributed by atoms with Gasteiger partial charge in [0.05, 0.1) is 12.2 Å². The van der Waals surface area contributed by atoms with Gasteiger partial charge < -0.3 is 14.9 Å². The summed E-state index contributed by atoms with van der Waals surface area (Å²) >= 11 is 0. The summed E-state index contributed by atoms with van der Waals surface area (Å²) < 4.78 is 5.46. The fourth-order valence-corrected chi connectivity index (χ4v) is 4.11. The third-order valence-electron chi connectivity index (χ3n) is 5.42. The Bertz CT molecular complexity index is 469. The molecule has 2 N–H and O–H groups in total. The molecule has 3 fully saturated rings. The van der Waals surface area contributed by atoms with Crippen LogP contribution < -0.4 is 0 Å². The van der Waals surface area contributed by atoms with Crippen LogP contribution in [0.2, 0.25) is 0 Å². The Balaban J connectivity index is 2.02. The number of carbonyl (C=O) groups excluding carboxylic acids is 1. The Morgan fingerprint density at radius 2 is 2.05 bits per heavy atom. The molecule has 1 saturated heterocycles.